The number of halogens is 1. The minimum absolute atomic E-state index is 0.0829. The van der Waals surface area contributed by atoms with E-state index in [0.717, 1.165) is 5.56 Å². The number of hydrogen-bond donors (Lipinski definition) is 1. The maximum absolute atomic E-state index is 12.3. The predicted molar refractivity (Wildman–Crippen MR) is 102 cm³/mol. The van der Waals surface area contributed by atoms with Crippen LogP contribution in [-0.4, -0.2) is 34.8 Å². The molecule has 0 aliphatic carbocycles. The van der Waals surface area contributed by atoms with Crippen LogP contribution in [0.5, 0.6) is 0 Å². The van der Waals surface area contributed by atoms with E-state index in [9.17, 15) is 14.4 Å². The number of allylic oxidation sites excluding steroid dienone is 1. The molecule has 5 nitrogen and oxygen atoms in total. The summed E-state index contributed by atoms with van der Waals surface area (Å²) in [6.45, 7) is 7.17. The molecular weight excluding hydrogens is 360 g/mol. The molecule has 1 aromatic carbocycles. The highest BCUT2D eigenvalue weighted by atomic mass is 35.5. The van der Waals surface area contributed by atoms with Crippen molar-refractivity contribution in [2.24, 2.45) is 5.41 Å². The zero-order valence-corrected chi connectivity index (χ0v) is 16.3. The van der Waals surface area contributed by atoms with Crippen LogP contribution in [0.15, 0.2) is 29.3 Å². The van der Waals surface area contributed by atoms with Crippen molar-refractivity contribution >= 4 is 46.6 Å². The summed E-state index contributed by atoms with van der Waals surface area (Å²) in [5, 5.41) is 3.80. The van der Waals surface area contributed by atoms with E-state index in [0.29, 0.717) is 15.7 Å². The Labute approximate surface area is 156 Å². The molecule has 1 heterocycles. The number of nitrogens with one attached hydrogen (secondary N) is 1. The fourth-order valence-corrected chi connectivity index (χ4v) is 3.16. The van der Waals surface area contributed by atoms with Crippen LogP contribution < -0.4 is 5.32 Å². The lowest BCUT2D eigenvalue weighted by molar-refractivity contribution is -0.129. The van der Waals surface area contributed by atoms with Crippen molar-refractivity contribution in [2.75, 3.05) is 17.6 Å². The molecule has 0 atom stereocenters. The number of nitrogens with zero attached hydrogens (tertiary/aromatic N) is 1. The second-order valence-corrected chi connectivity index (χ2v) is 8.28. The van der Waals surface area contributed by atoms with Crippen LogP contribution in [0.1, 0.15) is 26.3 Å². The van der Waals surface area contributed by atoms with E-state index in [1.165, 1.54) is 22.7 Å². The first-order valence-corrected chi connectivity index (χ1v) is 9.19. The molecule has 1 aromatic rings. The van der Waals surface area contributed by atoms with Crippen molar-refractivity contribution in [2.45, 2.75) is 27.7 Å². The molecule has 0 bridgehead atoms. The van der Waals surface area contributed by atoms with Crippen LogP contribution in [0.4, 0.5) is 5.69 Å². The normalized spacial score (nSPS) is 16.4. The Balaban J connectivity index is 2.09. The molecule has 1 N–H and O–H groups in total. The van der Waals surface area contributed by atoms with Gasteiger partial charge in [0.15, 0.2) is 5.78 Å². The SMILES string of the molecule is Cc1ccc(NC(=O)CN2C(=O)CS/C2=C\C(=O)C(C)(C)C)cc1Cl. The molecule has 1 fully saturated rings. The van der Waals surface area contributed by atoms with E-state index >= 15 is 0 Å². The Hall–Kier alpha value is -1.79. The lowest BCUT2D eigenvalue weighted by Gasteiger charge is -2.19. The first kappa shape index (κ1) is 19.5. The van der Waals surface area contributed by atoms with Crippen molar-refractivity contribution in [3.05, 3.63) is 39.9 Å². The van der Waals surface area contributed by atoms with Gasteiger partial charge in [0.2, 0.25) is 11.8 Å². The quantitative estimate of drug-likeness (QED) is 0.810. The van der Waals surface area contributed by atoms with Gasteiger partial charge in [0, 0.05) is 22.2 Å². The van der Waals surface area contributed by atoms with E-state index < -0.39 is 5.41 Å². The number of carbonyl (C=O) groups excluding carboxylic acids is 3. The highest BCUT2D eigenvalue weighted by Crippen LogP contribution is 2.30. The minimum atomic E-state index is -0.536. The van der Waals surface area contributed by atoms with Gasteiger partial charge in [-0.25, -0.2) is 0 Å². The lowest BCUT2D eigenvalue weighted by Crippen LogP contribution is -2.34. The molecule has 1 aliphatic rings. The van der Waals surface area contributed by atoms with Gasteiger partial charge in [-0.15, -0.1) is 0 Å². The van der Waals surface area contributed by atoms with Gasteiger partial charge in [-0.05, 0) is 24.6 Å². The number of ketones is 1. The first-order valence-electron chi connectivity index (χ1n) is 7.83. The van der Waals surface area contributed by atoms with Gasteiger partial charge in [-0.1, -0.05) is 50.2 Å². The molecule has 7 heteroatoms. The van der Waals surface area contributed by atoms with Crippen LogP contribution in [0.2, 0.25) is 5.02 Å². The topological polar surface area (TPSA) is 66.5 Å². The number of thioether (sulfide) groups is 1. The number of rotatable bonds is 4. The lowest BCUT2D eigenvalue weighted by atomic mass is 9.91. The average Bonchev–Trinajstić information content (AvgIpc) is 2.83. The van der Waals surface area contributed by atoms with Crippen LogP contribution >= 0.6 is 23.4 Å². The van der Waals surface area contributed by atoms with Crippen LogP contribution in [0.25, 0.3) is 0 Å². The van der Waals surface area contributed by atoms with Gasteiger partial charge < -0.3 is 5.32 Å². The second kappa shape index (κ2) is 7.62. The third kappa shape index (κ3) is 5.09. The molecule has 2 rings (SSSR count). The van der Waals surface area contributed by atoms with Gasteiger partial charge in [0.1, 0.15) is 6.54 Å². The summed E-state index contributed by atoms with van der Waals surface area (Å²) in [6, 6.07) is 5.22. The molecule has 1 saturated heterocycles. The molecule has 134 valence electrons. The Bertz CT molecular complexity index is 753. The van der Waals surface area contributed by atoms with Crippen molar-refractivity contribution in [3.63, 3.8) is 0 Å². The van der Waals surface area contributed by atoms with Crippen molar-refractivity contribution in [1.82, 2.24) is 4.90 Å². The fraction of sp³-hybridized carbons (Fsp3) is 0.389. The predicted octanol–water partition coefficient (Wildman–Crippen LogP) is 3.62. The van der Waals surface area contributed by atoms with E-state index in [4.69, 9.17) is 11.6 Å². The summed E-state index contributed by atoms with van der Waals surface area (Å²) in [5.41, 5.74) is 0.944. The first-order chi connectivity index (χ1) is 11.6. The molecule has 0 unspecified atom stereocenters. The Morgan fingerprint density at radius 1 is 1.36 bits per heavy atom. The molecule has 2 amide bonds. The molecule has 1 aliphatic heterocycles. The zero-order chi connectivity index (χ0) is 18.8. The van der Waals surface area contributed by atoms with Crippen LogP contribution in [0.3, 0.4) is 0 Å². The number of carbonyl (C=O) groups is 3. The second-order valence-electron chi connectivity index (χ2n) is 6.88. The summed E-state index contributed by atoms with van der Waals surface area (Å²) >= 11 is 7.32. The smallest absolute Gasteiger partial charge is 0.244 e. The van der Waals surface area contributed by atoms with Gasteiger partial charge in [0.25, 0.3) is 0 Å². The number of aryl methyl sites for hydroxylation is 1. The molecule has 0 radical (unpaired) electrons. The van der Waals surface area contributed by atoms with Crippen molar-refractivity contribution < 1.29 is 14.4 Å². The summed E-state index contributed by atoms with van der Waals surface area (Å²) in [7, 11) is 0. The largest absolute Gasteiger partial charge is 0.324 e. The Kier molecular flexibility index (Phi) is 5.95. The van der Waals surface area contributed by atoms with E-state index in [2.05, 4.69) is 5.32 Å². The minimum Gasteiger partial charge on any atom is -0.324 e. The fourth-order valence-electron chi connectivity index (χ4n) is 2.04. The van der Waals surface area contributed by atoms with Crippen molar-refractivity contribution in [1.29, 1.82) is 0 Å². The number of anilines is 1. The van der Waals surface area contributed by atoms with Gasteiger partial charge in [-0.2, -0.15) is 0 Å². The summed E-state index contributed by atoms with van der Waals surface area (Å²) in [4.78, 5) is 37.8. The standard InChI is InChI=1S/C18H21ClN2O3S/c1-11-5-6-12(7-13(11)19)20-15(23)9-21-16(24)10-25-17(21)8-14(22)18(2,3)4/h5-8H,9-10H2,1-4H3,(H,20,23)/b17-8-. The maximum Gasteiger partial charge on any atom is 0.244 e. The van der Waals surface area contributed by atoms with Gasteiger partial charge >= 0.3 is 0 Å². The van der Waals surface area contributed by atoms with Gasteiger partial charge in [0.05, 0.1) is 10.8 Å². The molecule has 0 aromatic heterocycles. The van der Waals surface area contributed by atoms with Crippen LogP contribution in [0, 0.1) is 12.3 Å². The van der Waals surface area contributed by atoms with E-state index in [-0.39, 0.29) is 29.9 Å². The van der Waals surface area contributed by atoms with Crippen LogP contribution in [-0.2, 0) is 14.4 Å². The third-order valence-electron chi connectivity index (χ3n) is 3.66. The zero-order valence-electron chi connectivity index (χ0n) is 14.7. The molecule has 0 spiro atoms. The Morgan fingerprint density at radius 2 is 2.04 bits per heavy atom. The van der Waals surface area contributed by atoms with Crippen molar-refractivity contribution in [3.8, 4) is 0 Å². The number of benzene rings is 1. The Morgan fingerprint density at radius 3 is 2.64 bits per heavy atom. The number of hydrogen-bond acceptors (Lipinski definition) is 4. The van der Waals surface area contributed by atoms with E-state index in [1.54, 1.807) is 12.1 Å². The summed E-state index contributed by atoms with van der Waals surface area (Å²) in [5.74, 6) is -0.382. The van der Waals surface area contributed by atoms with Gasteiger partial charge in [-0.3, -0.25) is 19.3 Å². The molecule has 25 heavy (non-hydrogen) atoms. The summed E-state index contributed by atoms with van der Waals surface area (Å²) in [6.07, 6.45) is 1.45. The molecule has 0 saturated carbocycles. The highest BCUT2D eigenvalue weighted by Gasteiger charge is 2.30. The maximum atomic E-state index is 12.3. The van der Waals surface area contributed by atoms with E-state index in [1.807, 2.05) is 33.8 Å². The molecular formula is C18H21ClN2O3S. The highest BCUT2D eigenvalue weighted by molar-refractivity contribution is 8.04. The number of amides is 2. The average molecular weight is 381 g/mol. The summed E-state index contributed by atoms with van der Waals surface area (Å²) < 4.78 is 0. The third-order valence-corrected chi connectivity index (χ3v) is 5.09. The monoisotopic (exact) mass is 380 g/mol.